The number of hydrogen-bond acceptors (Lipinski definition) is 2. The van der Waals surface area contributed by atoms with E-state index in [9.17, 15) is 0 Å². The second-order valence-corrected chi connectivity index (χ2v) is 6.56. The Labute approximate surface area is 137 Å². The average Bonchev–Trinajstić information content (AvgIpc) is 2.55. The van der Waals surface area contributed by atoms with Gasteiger partial charge >= 0.3 is 0 Å². The molecule has 2 N–H and O–H groups in total. The smallest absolute Gasteiger partial charge is 0.167 e. The van der Waals surface area contributed by atoms with E-state index in [1.54, 1.807) is 0 Å². The maximum absolute atomic E-state index is 6.05. The third-order valence-corrected chi connectivity index (χ3v) is 4.90. The van der Waals surface area contributed by atoms with Crippen LogP contribution in [0.5, 0.6) is 0 Å². The third kappa shape index (κ3) is 3.07. The molecule has 0 spiro atoms. The van der Waals surface area contributed by atoms with E-state index in [4.69, 9.17) is 22.9 Å². The second kappa shape index (κ2) is 6.61. The monoisotopic (exact) mass is 313 g/mol. The van der Waals surface area contributed by atoms with E-state index in [0.29, 0.717) is 11.2 Å². The topological polar surface area (TPSA) is 42.2 Å². The van der Waals surface area contributed by atoms with Gasteiger partial charge < -0.3 is 10.6 Å². The summed E-state index contributed by atoms with van der Waals surface area (Å²) < 4.78 is 0. The summed E-state index contributed by atoms with van der Waals surface area (Å²) in [7, 11) is 0. The highest BCUT2D eigenvalue weighted by molar-refractivity contribution is 7.80. The molecule has 1 aliphatic carbocycles. The second-order valence-electron chi connectivity index (χ2n) is 6.14. The molecule has 1 aromatic heterocycles. The van der Waals surface area contributed by atoms with Crippen LogP contribution in [0.25, 0.3) is 10.9 Å². The molecule has 0 bridgehead atoms. The van der Waals surface area contributed by atoms with Gasteiger partial charge in [-0.05, 0) is 44.1 Å². The van der Waals surface area contributed by atoms with Crippen LogP contribution in [0.2, 0.25) is 0 Å². The number of rotatable bonds is 3. The van der Waals surface area contributed by atoms with E-state index in [1.807, 2.05) is 12.1 Å². The molecule has 2 aromatic rings. The molecule has 3 rings (SSSR count). The Morgan fingerprint density at radius 2 is 1.91 bits per heavy atom. The lowest BCUT2D eigenvalue weighted by molar-refractivity contribution is 0.199. The SMILES string of the molecule is CC(c1ccc2ccccc2n1)N(C(N)=S)C1CCCCC1. The van der Waals surface area contributed by atoms with Gasteiger partial charge in [-0.25, -0.2) is 0 Å². The number of pyridine rings is 1. The summed E-state index contributed by atoms with van der Waals surface area (Å²) in [5.74, 6) is 0. The number of aromatic nitrogens is 1. The zero-order valence-electron chi connectivity index (χ0n) is 13.0. The van der Waals surface area contributed by atoms with Crippen molar-refractivity contribution in [3.63, 3.8) is 0 Å². The number of fused-ring (bicyclic) bond motifs is 1. The maximum Gasteiger partial charge on any atom is 0.167 e. The zero-order valence-corrected chi connectivity index (χ0v) is 13.9. The quantitative estimate of drug-likeness (QED) is 0.863. The van der Waals surface area contributed by atoms with Crippen molar-refractivity contribution in [3.05, 3.63) is 42.1 Å². The first-order valence-electron chi connectivity index (χ1n) is 8.10. The van der Waals surface area contributed by atoms with Gasteiger partial charge in [-0.3, -0.25) is 4.98 Å². The van der Waals surface area contributed by atoms with Crippen molar-refractivity contribution in [2.75, 3.05) is 0 Å². The minimum absolute atomic E-state index is 0.116. The van der Waals surface area contributed by atoms with Crippen LogP contribution in [0.3, 0.4) is 0 Å². The highest BCUT2D eigenvalue weighted by Crippen LogP contribution is 2.30. The fraction of sp³-hybridized carbons (Fsp3) is 0.444. The first-order valence-corrected chi connectivity index (χ1v) is 8.51. The van der Waals surface area contributed by atoms with E-state index < -0.39 is 0 Å². The van der Waals surface area contributed by atoms with Gasteiger partial charge in [0.2, 0.25) is 0 Å². The Kier molecular flexibility index (Phi) is 4.57. The van der Waals surface area contributed by atoms with E-state index in [0.717, 1.165) is 16.6 Å². The Balaban J connectivity index is 1.90. The lowest BCUT2D eigenvalue weighted by Crippen LogP contribution is -2.45. The van der Waals surface area contributed by atoms with Crippen molar-refractivity contribution in [2.24, 2.45) is 5.73 Å². The summed E-state index contributed by atoms with van der Waals surface area (Å²) in [6.07, 6.45) is 6.21. The van der Waals surface area contributed by atoms with E-state index >= 15 is 0 Å². The largest absolute Gasteiger partial charge is 0.376 e. The molecule has 1 aliphatic rings. The number of thiocarbonyl (C=S) groups is 1. The van der Waals surface area contributed by atoms with E-state index in [1.165, 1.54) is 32.1 Å². The van der Waals surface area contributed by atoms with Crippen LogP contribution in [0, 0.1) is 0 Å². The summed E-state index contributed by atoms with van der Waals surface area (Å²) in [4.78, 5) is 7.02. The molecule has 1 unspecified atom stereocenters. The summed E-state index contributed by atoms with van der Waals surface area (Å²) in [5.41, 5.74) is 8.11. The van der Waals surface area contributed by atoms with Crippen LogP contribution in [-0.2, 0) is 0 Å². The first kappa shape index (κ1) is 15.2. The highest BCUT2D eigenvalue weighted by atomic mass is 32.1. The lowest BCUT2D eigenvalue weighted by atomic mass is 9.93. The molecule has 1 heterocycles. The molecule has 116 valence electrons. The van der Waals surface area contributed by atoms with Crippen LogP contribution in [0.1, 0.15) is 50.8 Å². The first-order chi connectivity index (χ1) is 10.7. The van der Waals surface area contributed by atoms with Crippen molar-refractivity contribution in [1.29, 1.82) is 0 Å². The zero-order chi connectivity index (χ0) is 15.5. The minimum atomic E-state index is 0.116. The number of para-hydroxylation sites is 1. The van der Waals surface area contributed by atoms with E-state index in [-0.39, 0.29) is 6.04 Å². The molecule has 1 saturated carbocycles. The molecule has 1 aromatic carbocycles. The van der Waals surface area contributed by atoms with Crippen LogP contribution < -0.4 is 5.73 Å². The van der Waals surface area contributed by atoms with Gasteiger partial charge in [0.05, 0.1) is 17.3 Å². The molecule has 0 amide bonds. The van der Waals surface area contributed by atoms with Crippen LogP contribution in [0.4, 0.5) is 0 Å². The van der Waals surface area contributed by atoms with Crippen molar-refractivity contribution in [3.8, 4) is 0 Å². The van der Waals surface area contributed by atoms with Crippen LogP contribution >= 0.6 is 12.2 Å². The van der Waals surface area contributed by atoms with Crippen LogP contribution in [0.15, 0.2) is 36.4 Å². The van der Waals surface area contributed by atoms with Gasteiger partial charge in [0.15, 0.2) is 5.11 Å². The van der Waals surface area contributed by atoms with Gasteiger partial charge in [-0.1, -0.05) is 43.5 Å². The molecular formula is C18H23N3S. The number of hydrogen-bond donors (Lipinski definition) is 1. The number of nitrogens with two attached hydrogens (primary N) is 1. The maximum atomic E-state index is 6.05. The summed E-state index contributed by atoms with van der Waals surface area (Å²) in [6, 6.07) is 13.0. The molecule has 0 aliphatic heterocycles. The molecule has 3 nitrogen and oxygen atoms in total. The van der Waals surface area contributed by atoms with Crippen molar-refractivity contribution in [2.45, 2.75) is 51.1 Å². The van der Waals surface area contributed by atoms with Crippen molar-refractivity contribution >= 4 is 28.2 Å². The van der Waals surface area contributed by atoms with Gasteiger partial charge in [-0.2, -0.15) is 0 Å². The fourth-order valence-electron chi connectivity index (χ4n) is 3.50. The number of nitrogens with zero attached hydrogens (tertiary/aromatic N) is 2. The Morgan fingerprint density at radius 1 is 1.18 bits per heavy atom. The predicted octanol–water partition coefficient (Wildman–Crippen LogP) is 4.17. The standard InChI is InChI=1S/C18H23N3S/c1-13(21(18(19)22)15-8-3-2-4-9-15)16-12-11-14-7-5-6-10-17(14)20-16/h5-7,10-13,15H,2-4,8-9H2,1H3,(H2,19,22). The van der Waals surface area contributed by atoms with Gasteiger partial charge in [-0.15, -0.1) is 0 Å². The van der Waals surface area contributed by atoms with Gasteiger partial charge in [0.25, 0.3) is 0 Å². The summed E-state index contributed by atoms with van der Waals surface area (Å²) >= 11 is 5.35. The fourth-order valence-corrected chi connectivity index (χ4v) is 3.81. The Hall–Kier alpha value is -1.68. The van der Waals surface area contributed by atoms with Crippen LogP contribution in [-0.4, -0.2) is 21.0 Å². The summed E-state index contributed by atoms with van der Waals surface area (Å²) in [5, 5.41) is 1.66. The molecule has 22 heavy (non-hydrogen) atoms. The Morgan fingerprint density at radius 3 is 2.64 bits per heavy atom. The third-order valence-electron chi connectivity index (χ3n) is 4.69. The van der Waals surface area contributed by atoms with Crippen molar-refractivity contribution < 1.29 is 0 Å². The molecule has 0 radical (unpaired) electrons. The normalized spacial score (nSPS) is 17.3. The average molecular weight is 313 g/mol. The Bertz CT molecular complexity index is 664. The van der Waals surface area contributed by atoms with Crippen molar-refractivity contribution in [1.82, 2.24) is 9.88 Å². The molecule has 4 heteroatoms. The van der Waals surface area contributed by atoms with Gasteiger partial charge in [0, 0.05) is 11.4 Å². The molecule has 1 atom stereocenters. The highest BCUT2D eigenvalue weighted by Gasteiger charge is 2.27. The molecule has 1 fully saturated rings. The lowest BCUT2D eigenvalue weighted by Gasteiger charge is -2.39. The summed E-state index contributed by atoms with van der Waals surface area (Å²) in [6.45, 7) is 2.16. The van der Waals surface area contributed by atoms with Gasteiger partial charge in [0.1, 0.15) is 0 Å². The molecular weight excluding hydrogens is 290 g/mol. The molecule has 0 saturated heterocycles. The predicted molar refractivity (Wildman–Crippen MR) is 95.7 cm³/mol. The van der Waals surface area contributed by atoms with E-state index in [2.05, 4.69) is 36.1 Å². The minimum Gasteiger partial charge on any atom is -0.376 e. The number of benzene rings is 1.